The van der Waals surface area contributed by atoms with Crippen LogP contribution in [0.1, 0.15) is 0 Å². The Hall–Kier alpha value is -1.94. The molecule has 1 aromatic heterocycles. The highest BCUT2D eigenvalue weighted by molar-refractivity contribution is 5.39. The van der Waals surface area contributed by atoms with E-state index in [0.29, 0.717) is 0 Å². The summed E-state index contributed by atoms with van der Waals surface area (Å²) in [5, 5.41) is 0. The third-order valence-electron chi connectivity index (χ3n) is 1.47. The average molecular weight is 203 g/mol. The summed E-state index contributed by atoms with van der Waals surface area (Å²) in [6.07, 6.45) is 4.88. The molecule has 0 atom stereocenters. The Bertz CT molecular complexity index is 313. The number of rotatable bonds is 2. The highest BCUT2D eigenvalue weighted by Gasteiger charge is 1.82. The minimum Gasteiger partial charge on any atom is -0.279 e. The first-order valence-corrected chi connectivity index (χ1v) is 4.47. The molecule has 78 valence electrons. The lowest BCUT2D eigenvalue weighted by molar-refractivity contribution is 0.271. The van der Waals surface area contributed by atoms with Crippen molar-refractivity contribution in [1.82, 2.24) is 9.97 Å². The number of benzene rings is 1. The molecule has 1 aromatic carbocycles. The third kappa shape index (κ3) is 5.38. The molecule has 1 N–H and O–H groups in total. The second-order valence-corrected chi connectivity index (χ2v) is 2.58. The van der Waals surface area contributed by atoms with E-state index in [0.717, 1.165) is 5.69 Å². The summed E-state index contributed by atoms with van der Waals surface area (Å²) in [6.45, 7) is 0. The summed E-state index contributed by atoms with van der Waals surface area (Å²) in [5.74, 6) is 0. The molecule has 4 heteroatoms. The van der Waals surface area contributed by atoms with Crippen LogP contribution in [-0.4, -0.2) is 17.1 Å². The SMILES string of the molecule is CONc1ccccc1.c1cncnc1. The fourth-order valence-electron chi connectivity index (χ4n) is 0.877. The largest absolute Gasteiger partial charge is 0.279 e. The summed E-state index contributed by atoms with van der Waals surface area (Å²) in [4.78, 5) is 12.0. The second kappa shape index (κ2) is 7.46. The van der Waals surface area contributed by atoms with Crippen molar-refractivity contribution >= 4 is 5.69 Å². The zero-order valence-electron chi connectivity index (χ0n) is 8.50. The van der Waals surface area contributed by atoms with Crippen molar-refractivity contribution < 1.29 is 4.84 Å². The Labute approximate surface area is 88.9 Å². The van der Waals surface area contributed by atoms with E-state index < -0.39 is 0 Å². The van der Waals surface area contributed by atoms with E-state index >= 15 is 0 Å². The molecular formula is C11H13N3O. The molecule has 0 amide bonds. The van der Waals surface area contributed by atoms with Crippen LogP contribution in [0.2, 0.25) is 0 Å². The number of para-hydroxylation sites is 1. The zero-order chi connectivity index (χ0) is 10.8. The number of hydrogen-bond acceptors (Lipinski definition) is 4. The van der Waals surface area contributed by atoms with Crippen LogP contribution in [0.5, 0.6) is 0 Å². The van der Waals surface area contributed by atoms with Crippen LogP contribution in [0.4, 0.5) is 5.69 Å². The summed E-state index contributed by atoms with van der Waals surface area (Å²) in [5.41, 5.74) is 3.68. The number of nitrogens with one attached hydrogen (secondary N) is 1. The number of anilines is 1. The smallest absolute Gasteiger partial charge is 0.115 e. The normalized spacial score (nSPS) is 8.60. The zero-order valence-corrected chi connectivity index (χ0v) is 8.50. The number of hydrogen-bond donors (Lipinski definition) is 1. The molecule has 0 fully saturated rings. The van der Waals surface area contributed by atoms with E-state index in [-0.39, 0.29) is 0 Å². The van der Waals surface area contributed by atoms with Crippen molar-refractivity contribution in [2.45, 2.75) is 0 Å². The van der Waals surface area contributed by atoms with Crippen molar-refractivity contribution in [2.75, 3.05) is 12.6 Å². The van der Waals surface area contributed by atoms with Crippen LogP contribution >= 0.6 is 0 Å². The molecule has 4 nitrogen and oxygen atoms in total. The van der Waals surface area contributed by atoms with Crippen LogP contribution in [-0.2, 0) is 4.84 Å². The Morgan fingerprint density at radius 2 is 1.67 bits per heavy atom. The number of aromatic nitrogens is 2. The lowest BCUT2D eigenvalue weighted by Gasteiger charge is -1.99. The maximum Gasteiger partial charge on any atom is 0.115 e. The van der Waals surface area contributed by atoms with Crippen molar-refractivity contribution in [3.05, 3.63) is 55.1 Å². The quantitative estimate of drug-likeness (QED) is 0.759. The van der Waals surface area contributed by atoms with E-state index in [2.05, 4.69) is 20.3 Å². The lowest BCUT2D eigenvalue weighted by Crippen LogP contribution is -1.93. The van der Waals surface area contributed by atoms with Crippen LogP contribution < -0.4 is 5.48 Å². The van der Waals surface area contributed by atoms with Crippen molar-refractivity contribution in [3.63, 3.8) is 0 Å². The molecular weight excluding hydrogens is 190 g/mol. The predicted molar refractivity (Wildman–Crippen MR) is 59.1 cm³/mol. The van der Waals surface area contributed by atoms with Crippen LogP contribution in [0.25, 0.3) is 0 Å². The van der Waals surface area contributed by atoms with Gasteiger partial charge in [0.15, 0.2) is 0 Å². The van der Waals surface area contributed by atoms with Crippen molar-refractivity contribution in [1.29, 1.82) is 0 Å². The molecule has 0 saturated heterocycles. The van der Waals surface area contributed by atoms with Gasteiger partial charge in [-0.3, -0.25) is 10.3 Å². The standard InChI is InChI=1S/C7H9NO.C4H4N2/c1-9-8-7-5-3-2-4-6-7;1-2-5-4-6-3-1/h2-6,8H,1H3;1-4H. The Kier molecular flexibility index (Phi) is 5.54. The van der Waals surface area contributed by atoms with Gasteiger partial charge in [0.2, 0.25) is 0 Å². The molecule has 0 aliphatic carbocycles. The monoisotopic (exact) mass is 203 g/mol. The molecule has 0 aliphatic rings. The van der Waals surface area contributed by atoms with Gasteiger partial charge in [0.1, 0.15) is 6.33 Å². The molecule has 15 heavy (non-hydrogen) atoms. The first kappa shape index (κ1) is 11.1. The summed E-state index contributed by atoms with van der Waals surface area (Å²) in [6, 6.07) is 11.5. The van der Waals surface area contributed by atoms with Crippen molar-refractivity contribution in [2.24, 2.45) is 0 Å². The van der Waals surface area contributed by atoms with Gasteiger partial charge in [0.05, 0.1) is 12.8 Å². The predicted octanol–water partition coefficient (Wildman–Crippen LogP) is 2.14. The van der Waals surface area contributed by atoms with Crippen LogP contribution in [0.3, 0.4) is 0 Å². The number of nitrogens with zero attached hydrogens (tertiary/aromatic N) is 2. The molecule has 2 aromatic rings. The van der Waals surface area contributed by atoms with Crippen LogP contribution in [0.15, 0.2) is 55.1 Å². The van der Waals surface area contributed by atoms with Gasteiger partial charge in [-0.25, -0.2) is 9.97 Å². The highest BCUT2D eigenvalue weighted by atomic mass is 16.6. The Balaban J connectivity index is 0.000000162. The Morgan fingerprint density at radius 1 is 1.00 bits per heavy atom. The van der Waals surface area contributed by atoms with E-state index in [1.54, 1.807) is 25.6 Å². The molecule has 1 heterocycles. The van der Waals surface area contributed by atoms with Gasteiger partial charge in [0.25, 0.3) is 0 Å². The molecule has 0 unspecified atom stereocenters. The maximum atomic E-state index is 4.68. The van der Waals surface area contributed by atoms with Crippen molar-refractivity contribution in [3.8, 4) is 0 Å². The first-order valence-electron chi connectivity index (χ1n) is 4.47. The van der Waals surface area contributed by atoms with E-state index in [9.17, 15) is 0 Å². The van der Waals surface area contributed by atoms with Gasteiger partial charge in [-0.05, 0) is 18.2 Å². The summed E-state index contributed by atoms with van der Waals surface area (Å²) in [7, 11) is 1.59. The molecule has 0 bridgehead atoms. The van der Waals surface area contributed by atoms with Gasteiger partial charge in [-0.15, -0.1) is 0 Å². The molecule has 0 spiro atoms. The van der Waals surface area contributed by atoms with E-state index in [1.807, 2.05) is 30.3 Å². The lowest BCUT2D eigenvalue weighted by atomic mass is 10.3. The fourth-order valence-corrected chi connectivity index (χ4v) is 0.877. The summed E-state index contributed by atoms with van der Waals surface area (Å²) < 4.78 is 0. The fraction of sp³-hybridized carbons (Fsp3) is 0.0909. The molecule has 0 aliphatic heterocycles. The minimum atomic E-state index is 0.972. The first-order chi connectivity index (χ1) is 7.43. The van der Waals surface area contributed by atoms with Gasteiger partial charge >= 0.3 is 0 Å². The average Bonchev–Trinajstić information content (AvgIpc) is 2.34. The molecule has 2 rings (SSSR count). The second-order valence-electron chi connectivity index (χ2n) is 2.58. The highest BCUT2D eigenvalue weighted by Crippen LogP contribution is 2.03. The van der Waals surface area contributed by atoms with E-state index in [1.165, 1.54) is 6.33 Å². The van der Waals surface area contributed by atoms with Crippen LogP contribution in [0, 0.1) is 0 Å². The van der Waals surface area contributed by atoms with Gasteiger partial charge in [0, 0.05) is 12.4 Å². The maximum absolute atomic E-state index is 4.68. The van der Waals surface area contributed by atoms with Gasteiger partial charge in [-0.1, -0.05) is 18.2 Å². The van der Waals surface area contributed by atoms with Gasteiger partial charge in [-0.2, -0.15) is 0 Å². The molecule has 0 saturated carbocycles. The minimum absolute atomic E-state index is 0.972. The third-order valence-corrected chi connectivity index (χ3v) is 1.47. The van der Waals surface area contributed by atoms with E-state index in [4.69, 9.17) is 0 Å². The Morgan fingerprint density at radius 3 is 2.07 bits per heavy atom. The molecule has 0 radical (unpaired) electrons. The van der Waals surface area contributed by atoms with Gasteiger partial charge < -0.3 is 0 Å². The topological polar surface area (TPSA) is 47.0 Å². The summed E-state index contributed by atoms with van der Waals surface area (Å²) >= 11 is 0.